The van der Waals surface area contributed by atoms with Crippen LogP contribution in [-0.4, -0.2) is 20.2 Å². The topological polar surface area (TPSA) is 66.8 Å². The molecule has 1 aliphatic rings. The van der Waals surface area contributed by atoms with Crippen molar-refractivity contribution in [2.24, 2.45) is 5.29 Å². The van der Waals surface area contributed by atoms with Gasteiger partial charge in [0.25, 0.3) is 0 Å². The molecule has 1 aliphatic heterocycles. The van der Waals surface area contributed by atoms with Crippen LogP contribution in [0.5, 0.6) is 0 Å². The molecule has 0 saturated heterocycles. The number of nitrogens with zero attached hydrogens (tertiary/aromatic N) is 2. The van der Waals surface area contributed by atoms with Gasteiger partial charge in [-0.15, -0.1) is 4.91 Å². The first-order chi connectivity index (χ1) is 8.02. The van der Waals surface area contributed by atoms with Gasteiger partial charge in [0.15, 0.2) is 9.84 Å². The van der Waals surface area contributed by atoms with E-state index in [1.165, 1.54) is 6.08 Å². The van der Waals surface area contributed by atoms with Gasteiger partial charge in [0.1, 0.15) is 0 Å². The van der Waals surface area contributed by atoms with Crippen molar-refractivity contribution in [2.75, 3.05) is 10.8 Å². The summed E-state index contributed by atoms with van der Waals surface area (Å²) >= 11 is 5.80. The summed E-state index contributed by atoms with van der Waals surface area (Å²) in [4.78, 5) is 10.8. The van der Waals surface area contributed by atoms with E-state index in [1.807, 2.05) is 0 Å². The summed E-state index contributed by atoms with van der Waals surface area (Å²) < 4.78 is 22.6. The highest BCUT2D eigenvalue weighted by Gasteiger charge is 2.28. The molecule has 0 fully saturated rings. The van der Waals surface area contributed by atoms with Gasteiger partial charge in [0.05, 0.1) is 22.8 Å². The molecule has 0 aromatic heterocycles. The van der Waals surface area contributed by atoms with Crippen LogP contribution < -0.4 is 5.01 Å². The summed E-state index contributed by atoms with van der Waals surface area (Å²) in [6, 6.07) is 5.96. The highest BCUT2D eigenvalue weighted by Crippen LogP contribution is 2.25. The fourth-order valence-electron chi connectivity index (χ4n) is 1.63. The van der Waals surface area contributed by atoms with E-state index in [-0.39, 0.29) is 5.75 Å². The van der Waals surface area contributed by atoms with Gasteiger partial charge in [-0.1, -0.05) is 17.7 Å². The second kappa shape index (κ2) is 4.46. The Kier molecular flexibility index (Phi) is 3.17. The smallest absolute Gasteiger partial charge is 0.173 e. The minimum atomic E-state index is -3.22. The fraction of sp³-hybridized carbons (Fsp3) is 0.200. The van der Waals surface area contributed by atoms with Gasteiger partial charge >= 0.3 is 0 Å². The third kappa shape index (κ3) is 2.65. The van der Waals surface area contributed by atoms with Gasteiger partial charge in [-0.3, -0.25) is 0 Å². The van der Waals surface area contributed by atoms with Gasteiger partial charge in [0.2, 0.25) is 0 Å². The van der Waals surface area contributed by atoms with Crippen molar-refractivity contribution in [3.05, 3.63) is 45.7 Å². The molecule has 2 rings (SSSR count). The maximum Gasteiger partial charge on any atom is 0.173 e. The van der Waals surface area contributed by atoms with Crippen molar-refractivity contribution in [3.8, 4) is 0 Å². The standard InChI is InChI=1S/C10H9ClN2O3S/c11-8-2-1-3-9(6-8)13(12-14)10-4-5-17(15,16)7-10/h1-6,10H,7H2. The predicted octanol–water partition coefficient (Wildman–Crippen LogP) is 2.14. The lowest BCUT2D eigenvalue weighted by Gasteiger charge is -2.20. The monoisotopic (exact) mass is 272 g/mol. The lowest BCUT2D eigenvalue weighted by atomic mass is 10.2. The number of anilines is 1. The van der Waals surface area contributed by atoms with Gasteiger partial charge in [-0.25, -0.2) is 13.4 Å². The number of benzene rings is 1. The van der Waals surface area contributed by atoms with Crippen LogP contribution in [-0.2, 0) is 9.84 Å². The van der Waals surface area contributed by atoms with E-state index in [0.29, 0.717) is 10.7 Å². The molecule has 1 heterocycles. The van der Waals surface area contributed by atoms with Crippen molar-refractivity contribution in [1.29, 1.82) is 0 Å². The van der Waals surface area contributed by atoms with E-state index in [0.717, 1.165) is 10.4 Å². The fourth-order valence-corrected chi connectivity index (χ4v) is 3.07. The zero-order valence-corrected chi connectivity index (χ0v) is 10.2. The molecule has 0 spiro atoms. The maximum atomic E-state index is 11.3. The van der Waals surface area contributed by atoms with Gasteiger partial charge in [-0.05, 0) is 24.3 Å². The quantitative estimate of drug-likeness (QED) is 0.624. The Balaban J connectivity index is 2.30. The summed E-state index contributed by atoms with van der Waals surface area (Å²) in [6.07, 6.45) is 1.44. The van der Waals surface area contributed by atoms with Crippen LogP contribution in [0.25, 0.3) is 0 Å². The molecular weight excluding hydrogens is 264 g/mol. The highest BCUT2D eigenvalue weighted by molar-refractivity contribution is 7.94. The molecule has 1 aromatic carbocycles. The minimum absolute atomic E-state index is 0.148. The average Bonchev–Trinajstić information content (AvgIpc) is 2.60. The number of hydrogen-bond acceptors (Lipinski definition) is 4. The molecule has 0 aliphatic carbocycles. The summed E-state index contributed by atoms with van der Waals surface area (Å²) in [7, 11) is -3.22. The van der Waals surface area contributed by atoms with Crippen LogP contribution in [0, 0.1) is 4.91 Å². The van der Waals surface area contributed by atoms with Crippen molar-refractivity contribution in [3.63, 3.8) is 0 Å². The summed E-state index contributed by atoms with van der Waals surface area (Å²) in [5, 5.41) is 5.52. The number of nitroso groups, excluding NO2 is 1. The zero-order chi connectivity index (χ0) is 12.5. The number of hydrogen-bond donors (Lipinski definition) is 0. The van der Waals surface area contributed by atoms with Crippen LogP contribution in [0.4, 0.5) is 5.69 Å². The Morgan fingerprint density at radius 1 is 1.41 bits per heavy atom. The SMILES string of the molecule is O=NN(c1cccc(Cl)c1)C1C=CS(=O)(=O)C1. The Morgan fingerprint density at radius 2 is 2.18 bits per heavy atom. The summed E-state index contributed by atoms with van der Waals surface area (Å²) in [5.41, 5.74) is 0.472. The Hall–Kier alpha value is -1.40. The third-order valence-electron chi connectivity index (χ3n) is 2.39. The average molecular weight is 273 g/mol. The van der Waals surface area contributed by atoms with Gasteiger partial charge in [0, 0.05) is 10.4 Å². The third-order valence-corrected chi connectivity index (χ3v) is 4.00. The normalized spacial score (nSPS) is 21.4. The number of halogens is 1. The van der Waals surface area contributed by atoms with E-state index < -0.39 is 15.9 Å². The molecule has 1 aromatic rings. The molecule has 0 bridgehead atoms. The Bertz CT molecular complexity index is 571. The maximum absolute atomic E-state index is 11.3. The van der Waals surface area contributed by atoms with E-state index in [9.17, 15) is 13.3 Å². The van der Waals surface area contributed by atoms with Crippen LogP contribution >= 0.6 is 11.6 Å². The highest BCUT2D eigenvalue weighted by atomic mass is 35.5. The largest absolute Gasteiger partial charge is 0.224 e. The second-order valence-electron chi connectivity index (χ2n) is 3.63. The first-order valence-corrected chi connectivity index (χ1v) is 6.90. The van der Waals surface area contributed by atoms with E-state index in [1.54, 1.807) is 24.3 Å². The van der Waals surface area contributed by atoms with Gasteiger partial charge in [-0.2, -0.15) is 0 Å². The second-order valence-corrected chi connectivity index (χ2v) is 6.00. The molecule has 0 N–H and O–H groups in total. The predicted molar refractivity (Wildman–Crippen MR) is 66.4 cm³/mol. The molecule has 1 atom stereocenters. The van der Waals surface area contributed by atoms with Crippen LogP contribution in [0.3, 0.4) is 0 Å². The van der Waals surface area contributed by atoms with Gasteiger partial charge < -0.3 is 0 Å². The van der Waals surface area contributed by atoms with Crippen molar-refractivity contribution in [1.82, 2.24) is 0 Å². The number of sulfone groups is 1. The van der Waals surface area contributed by atoms with E-state index in [4.69, 9.17) is 11.6 Å². The van der Waals surface area contributed by atoms with Crippen molar-refractivity contribution < 1.29 is 8.42 Å². The molecule has 0 amide bonds. The molecular formula is C10H9ClN2O3S. The molecule has 17 heavy (non-hydrogen) atoms. The number of rotatable bonds is 3. The minimum Gasteiger partial charge on any atom is -0.224 e. The van der Waals surface area contributed by atoms with Crippen LogP contribution in [0.2, 0.25) is 5.02 Å². The molecule has 7 heteroatoms. The Labute approximate surface area is 104 Å². The van der Waals surface area contributed by atoms with E-state index in [2.05, 4.69) is 5.29 Å². The van der Waals surface area contributed by atoms with E-state index >= 15 is 0 Å². The summed E-state index contributed by atoms with van der Waals surface area (Å²) in [5.74, 6) is -0.148. The van der Waals surface area contributed by atoms with Crippen LogP contribution in [0.1, 0.15) is 0 Å². The molecule has 5 nitrogen and oxygen atoms in total. The molecule has 0 radical (unpaired) electrons. The lowest BCUT2D eigenvalue weighted by Crippen LogP contribution is -2.31. The first-order valence-electron chi connectivity index (χ1n) is 4.81. The molecule has 0 saturated carbocycles. The lowest BCUT2D eigenvalue weighted by molar-refractivity contribution is 0.602. The van der Waals surface area contributed by atoms with Crippen LogP contribution in [0.15, 0.2) is 41.0 Å². The summed E-state index contributed by atoms with van der Waals surface area (Å²) in [6.45, 7) is 0. The van der Waals surface area contributed by atoms with Crippen molar-refractivity contribution >= 4 is 27.1 Å². The first kappa shape index (κ1) is 12.1. The molecule has 1 unspecified atom stereocenters. The zero-order valence-electron chi connectivity index (χ0n) is 8.65. The Morgan fingerprint density at radius 3 is 2.71 bits per heavy atom. The van der Waals surface area contributed by atoms with Crippen molar-refractivity contribution in [2.45, 2.75) is 6.04 Å². The molecule has 90 valence electrons.